The van der Waals surface area contributed by atoms with Gasteiger partial charge in [0.25, 0.3) is 5.69 Å². The van der Waals surface area contributed by atoms with E-state index in [-0.39, 0.29) is 21.9 Å². The lowest BCUT2D eigenvalue weighted by Gasteiger charge is -2.08. The number of nitro benzene ring substituents is 1. The number of hydrogen-bond donors (Lipinski definition) is 2. The number of aliphatic imine (C=N–C) groups is 1. The third kappa shape index (κ3) is 3.76. The van der Waals surface area contributed by atoms with Crippen LogP contribution in [0, 0.1) is 24.0 Å². The number of sulfonamides is 1. The fourth-order valence-electron chi connectivity index (χ4n) is 2.00. The van der Waals surface area contributed by atoms with Crippen LogP contribution in [0.4, 0.5) is 11.4 Å². The Morgan fingerprint density at radius 3 is 2.50 bits per heavy atom. The van der Waals surface area contributed by atoms with Gasteiger partial charge in [0, 0.05) is 23.9 Å². The zero-order chi connectivity index (χ0) is 18.1. The molecule has 0 saturated heterocycles. The SMILES string of the molecule is Cc1cc(S(N)(=O)=O)cc(N=Cc2cc([N+](=O)[O-])ccc2O)c1C. The normalized spacial score (nSPS) is 11.8. The highest BCUT2D eigenvalue weighted by molar-refractivity contribution is 7.89. The molecule has 0 bridgehead atoms. The van der Waals surface area contributed by atoms with Crippen LogP contribution in [0.15, 0.2) is 40.2 Å². The molecule has 2 rings (SSSR count). The van der Waals surface area contributed by atoms with E-state index in [4.69, 9.17) is 5.14 Å². The van der Waals surface area contributed by atoms with E-state index in [1.165, 1.54) is 36.5 Å². The second-order valence-corrected chi connectivity index (χ2v) is 6.75. The molecule has 2 aromatic rings. The molecule has 2 aromatic carbocycles. The van der Waals surface area contributed by atoms with Gasteiger partial charge in [-0.25, -0.2) is 13.6 Å². The summed E-state index contributed by atoms with van der Waals surface area (Å²) in [6.45, 7) is 3.47. The standard InChI is InChI=1S/C15H15N3O5S/c1-9-5-13(24(16,22)23)7-14(10(9)2)17-8-11-6-12(18(20)21)3-4-15(11)19/h3-8,19H,1-2H3,(H2,16,22,23). The molecule has 24 heavy (non-hydrogen) atoms. The number of nitro groups is 1. The molecule has 126 valence electrons. The van der Waals surface area contributed by atoms with E-state index in [9.17, 15) is 23.6 Å². The van der Waals surface area contributed by atoms with Crippen LogP contribution in [-0.4, -0.2) is 24.7 Å². The van der Waals surface area contributed by atoms with Gasteiger partial charge < -0.3 is 5.11 Å². The zero-order valence-corrected chi connectivity index (χ0v) is 13.7. The van der Waals surface area contributed by atoms with E-state index < -0.39 is 14.9 Å². The van der Waals surface area contributed by atoms with Crippen molar-refractivity contribution in [2.45, 2.75) is 18.7 Å². The monoisotopic (exact) mass is 349 g/mol. The maximum absolute atomic E-state index is 11.5. The second-order valence-electron chi connectivity index (χ2n) is 5.19. The van der Waals surface area contributed by atoms with Gasteiger partial charge in [0.2, 0.25) is 10.0 Å². The molecule has 0 fully saturated rings. The Balaban J connectivity index is 2.52. The van der Waals surface area contributed by atoms with Gasteiger partial charge in [-0.2, -0.15) is 0 Å². The van der Waals surface area contributed by atoms with Crippen LogP contribution >= 0.6 is 0 Å². The summed E-state index contributed by atoms with van der Waals surface area (Å²) in [6.07, 6.45) is 1.23. The lowest BCUT2D eigenvalue weighted by atomic mass is 10.1. The Morgan fingerprint density at radius 1 is 1.25 bits per heavy atom. The van der Waals surface area contributed by atoms with Crippen LogP contribution < -0.4 is 5.14 Å². The number of nitrogens with two attached hydrogens (primary N) is 1. The number of phenolic OH excluding ortho intramolecular Hbond substituents is 1. The van der Waals surface area contributed by atoms with E-state index in [1.807, 2.05) is 0 Å². The van der Waals surface area contributed by atoms with E-state index >= 15 is 0 Å². The lowest BCUT2D eigenvalue weighted by molar-refractivity contribution is -0.384. The minimum atomic E-state index is -3.89. The average molecular weight is 349 g/mol. The van der Waals surface area contributed by atoms with Crippen LogP contribution in [0.2, 0.25) is 0 Å². The Kier molecular flexibility index (Phi) is 4.67. The molecular formula is C15H15N3O5S. The van der Waals surface area contributed by atoms with Gasteiger partial charge >= 0.3 is 0 Å². The first-order valence-electron chi connectivity index (χ1n) is 6.75. The van der Waals surface area contributed by atoms with Crippen molar-refractivity contribution in [2.24, 2.45) is 10.1 Å². The molecule has 0 aromatic heterocycles. The Labute approximate surface area is 138 Å². The van der Waals surface area contributed by atoms with Crippen LogP contribution in [0.3, 0.4) is 0 Å². The van der Waals surface area contributed by atoms with Crippen molar-refractivity contribution < 1.29 is 18.4 Å². The smallest absolute Gasteiger partial charge is 0.270 e. The number of non-ortho nitro benzene ring substituents is 1. The van der Waals surface area contributed by atoms with Crippen LogP contribution in [0.1, 0.15) is 16.7 Å². The highest BCUT2D eigenvalue weighted by atomic mass is 32.2. The van der Waals surface area contributed by atoms with Crippen molar-refractivity contribution >= 4 is 27.6 Å². The van der Waals surface area contributed by atoms with E-state index in [0.29, 0.717) is 11.3 Å². The van der Waals surface area contributed by atoms with Crippen LogP contribution in [-0.2, 0) is 10.0 Å². The molecule has 3 N–H and O–H groups in total. The molecule has 0 spiro atoms. The Hall–Kier alpha value is -2.78. The molecule has 0 atom stereocenters. The van der Waals surface area contributed by atoms with Crippen molar-refractivity contribution in [3.05, 3.63) is 57.1 Å². The molecular weight excluding hydrogens is 334 g/mol. The maximum atomic E-state index is 11.5. The van der Waals surface area contributed by atoms with E-state index in [0.717, 1.165) is 5.56 Å². The van der Waals surface area contributed by atoms with Crippen molar-refractivity contribution in [2.75, 3.05) is 0 Å². The maximum Gasteiger partial charge on any atom is 0.270 e. The lowest BCUT2D eigenvalue weighted by Crippen LogP contribution is -2.12. The minimum Gasteiger partial charge on any atom is -0.507 e. The quantitative estimate of drug-likeness (QED) is 0.496. The van der Waals surface area contributed by atoms with E-state index in [1.54, 1.807) is 13.8 Å². The minimum absolute atomic E-state index is 0.0824. The van der Waals surface area contributed by atoms with Gasteiger partial charge in [-0.3, -0.25) is 15.1 Å². The van der Waals surface area contributed by atoms with Gasteiger partial charge in [0.05, 0.1) is 15.5 Å². The molecule has 0 radical (unpaired) electrons. The fourth-order valence-corrected chi connectivity index (χ4v) is 2.62. The van der Waals surface area contributed by atoms with Gasteiger partial charge in [0.15, 0.2) is 0 Å². The number of nitrogens with zero attached hydrogens (tertiary/aromatic N) is 2. The third-order valence-corrected chi connectivity index (χ3v) is 4.40. The summed E-state index contributed by atoms with van der Waals surface area (Å²) in [5.41, 5.74) is 1.69. The fraction of sp³-hybridized carbons (Fsp3) is 0.133. The molecule has 0 saturated carbocycles. The highest BCUT2D eigenvalue weighted by Crippen LogP contribution is 2.27. The largest absolute Gasteiger partial charge is 0.507 e. The highest BCUT2D eigenvalue weighted by Gasteiger charge is 2.13. The van der Waals surface area contributed by atoms with Crippen molar-refractivity contribution in [1.29, 1.82) is 0 Å². The van der Waals surface area contributed by atoms with Crippen LogP contribution in [0.25, 0.3) is 0 Å². The summed E-state index contributed by atoms with van der Waals surface area (Å²) in [5, 5.41) is 25.7. The molecule has 0 unspecified atom stereocenters. The van der Waals surface area contributed by atoms with Gasteiger partial charge in [0.1, 0.15) is 5.75 Å². The summed E-state index contributed by atoms with van der Waals surface area (Å²) in [6, 6.07) is 6.28. The van der Waals surface area contributed by atoms with E-state index in [2.05, 4.69) is 4.99 Å². The molecule has 0 aliphatic heterocycles. The number of aryl methyl sites for hydroxylation is 1. The van der Waals surface area contributed by atoms with Gasteiger partial charge in [-0.05, 0) is 43.2 Å². The summed E-state index contributed by atoms with van der Waals surface area (Å²) in [4.78, 5) is 14.3. The van der Waals surface area contributed by atoms with Crippen molar-refractivity contribution in [3.63, 3.8) is 0 Å². The van der Waals surface area contributed by atoms with Gasteiger partial charge in [-0.15, -0.1) is 0 Å². The summed E-state index contributed by atoms with van der Waals surface area (Å²) >= 11 is 0. The number of rotatable bonds is 4. The average Bonchev–Trinajstić information content (AvgIpc) is 2.48. The first kappa shape index (κ1) is 17.6. The Morgan fingerprint density at radius 2 is 1.92 bits per heavy atom. The molecule has 0 aliphatic rings. The van der Waals surface area contributed by atoms with Crippen molar-refractivity contribution in [1.82, 2.24) is 0 Å². The number of hydrogen-bond acceptors (Lipinski definition) is 6. The number of phenols is 1. The van der Waals surface area contributed by atoms with Gasteiger partial charge in [-0.1, -0.05) is 0 Å². The summed E-state index contributed by atoms with van der Waals surface area (Å²) in [5.74, 6) is -0.179. The second kappa shape index (κ2) is 6.38. The molecule has 8 nitrogen and oxygen atoms in total. The predicted octanol–water partition coefficient (Wildman–Crippen LogP) is 2.32. The number of primary sulfonamides is 1. The first-order valence-corrected chi connectivity index (χ1v) is 8.30. The number of aromatic hydroxyl groups is 1. The van der Waals surface area contributed by atoms with Crippen LogP contribution in [0.5, 0.6) is 5.75 Å². The predicted molar refractivity (Wildman–Crippen MR) is 89.3 cm³/mol. The number of benzene rings is 2. The molecule has 0 amide bonds. The molecule has 9 heteroatoms. The topological polar surface area (TPSA) is 136 Å². The zero-order valence-electron chi connectivity index (χ0n) is 12.9. The summed E-state index contributed by atoms with van der Waals surface area (Å²) in [7, 11) is -3.89. The molecule has 0 aliphatic carbocycles. The Bertz CT molecular complexity index is 952. The molecule has 0 heterocycles. The van der Waals surface area contributed by atoms with Crippen molar-refractivity contribution in [3.8, 4) is 5.75 Å². The summed E-state index contributed by atoms with van der Waals surface area (Å²) < 4.78 is 23.0. The third-order valence-electron chi connectivity index (χ3n) is 3.51. The first-order chi connectivity index (χ1) is 11.1.